The topological polar surface area (TPSA) is 85.6 Å². The van der Waals surface area contributed by atoms with E-state index in [0.717, 1.165) is 19.5 Å². The fourth-order valence-electron chi connectivity index (χ4n) is 2.63. The molecule has 1 aliphatic heterocycles. The smallest absolute Gasteiger partial charge is 0.255 e. The summed E-state index contributed by atoms with van der Waals surface area (Å²) < 4.78 is 10.6. The predicted molar refractivity (Wildman–Crippen MR) is 86.5 cm³/mol. The number of piperidine rings is 1. The van der Waals surface area contributed by atoms with Crippen LogP contribution in [-0.2, 0) is 4.74 Å². The van der Waals surface area contributed by atoms with Gasteiger partial charge in [0.2, 0.25) is 0 Å². The lowest BCUT2D eigenvalue weighted by atomic mass is 9.95. The summed E-state index contributed by atoms with van der Waals surface area (Å²) in [7, 11) is 3.18. The third-order valence-electron chi connectivity index (χ3n) is 3.95. The van der Waals surface area contributed by atoms with Crippen molar-refractivity contribution in [3.63, 3.8) is 0 Å². The molecule has 22 heavy (non-hydrogen) atoms. The quantitative estimate of drug-likeness (QED) is 0.709. The first-order chi connectivity index (χ1) is 10.6. The highest BCUT2D eigenvalue weighted by atomic mass is 35.5. The molecule has 0 radical (unpaired) electrons. The van der Waals surface area contributed by atoms with E-state index >= 15 is 0 Å². The van der Waals surface area contributed by atoms with Crippen molar-refractivity contribution in [3.05, 3.63) is 22.7 Å². The average Bonchev–Trinajstić information content (AvgIpc) is 2.54. The Morgan fingerprint density at radius 3 is 2.95 bits per heavy atom. The van der Waals surface area contributed by atoms with E-state index in [1.165, 1.54) is 13.2 Å². The number of rotatable bonds is 5. The molecule has 0 unspecified atom stereocenters. The summed E-state index contributed by atoms with van der Waals surface area (Å²) in [6, 6.07) is 3.08. The first kappa shape index (κ1) is 16.9. The Morgan fingerprint density at radius 2 is 2.27 bits per heavy atom. The molecule has 7 heteroatoms. The van der Waals surface area contributed by atoms with Gasteiger partial charge in [-0.15, -0.1) is 0 Å². The molecule has 2 rings (SSSR count). The van der Waals surface area contributed by atoms with Crippen LogP contribution in [0.3, 0.4) is 0 Å². The molecule has 6 nitrogen and oxygen atoms in total. The van der Waals surface area contributed by atoms with Crippen molar-refractivity contribution in [1.29, 1.82) is 0 Å². The zero-order chi connectivity index (χ0) is 16.1. The van der Waals surface area contributed by atoms with Crippen molar-refractivity contribution in [2.75, 3.05) is 39.6 Å². The van der Waals surface area contributed by atoms with E-state index in [-0.39, 0.29) is 17.9 Å². The number of hydrogen-bond donors (Lipinski definition) is 3. The molecule has 2 atom stereocenters. The van der Waals surface area contributed by atoms with Crippen LogP contribution >= 0.6 is 11.6 Å². The number of benzene rings is 1. The van der Waals surface area contributed by atoms with Gasteiger partial charge < -0.3 is 25.8 Å². The van der Waals surface area contributed by atoms with Crippen molar-refractivity contribution in [2.24, 2.45) is 5.92 Å². The van der Waals surface area contributed by atoms with Crippen LogP contribution in [-0.4, -0.2) is 45.9 Å². The third kappa shape index (κ3) is 3.82. The van der Waals surface area contributed by atoms with Crippen molar-refractivity contribution in [2.45, 2.75) is 12.5 Å². The molecule has 1 aliphatic rings. The van der Waals surface area contributed by atoms with E-state index in [0.29, 0.717) is 28.6 Å². The molecule has 0 aliphatic carbocycles. The Bertz CT molecular complexity index is 539. The highest BCUT2D eigenvalue weighted by molar-refractivity contribution is 6.33. The van der Waals surface area contributed by atoms with Crippen molar-refractivity contribution in [3.8, 4) is 5.75 Å². The van der Waals surface area contributed by atoms with E-state index in [1.54, 1.807) is 13.2 Å². The third-order valence-corrected chi connectivity index (χ3v) is 4.28. The molecule has 1 aromatic carbocycles. The second-order valence-electron chi connectivity index (χ2n) is 5.31. The van der Waals surface area contributed by atoms with Gasteiger partial charge in [0.25, 0.3) is 5.91 Å². The molecule has 0 saturated carbocycles. The van der Waals surface area contributed by atoms with Crippen LogP contribution in [0.15, 0.2) is 12.1 Å². The fourth-order valence-corrected chi connectivity index (χ4v) is 2.79. The maximum Gasteiger partial charge on any atom is 0.255 e. The summed E-state index contributed by atoms with van der Waals surface area (Å²) >= 11 is 5.99. The molecule has 1 amide bonds. The molecular formula is C15H22ClN3O3. The number of methoxy groups -OCH3 is 2. The molecule has 0 bridgehead atoms. The minimum atomic E-state index is -0.230. The largest absolute Gasteiger partial charge is 0.496 e. The van der Waals surface area contributed by atoms with Gasteiger partial charge in [0.05, 0.1) is 29.5 Å². The summed E-state index contributed by atoms with van der Waals surface area (Å²) in [4.78, 5) is 12.4. The zero-order valence-electron chi connectivity index (χ0n) is 12.8. The van der Waals surface area contributed by atoms with Crippen LogP contribution in [0.5, 0.6) is 5.75 Å². The van der Waals surface area contributed by atoms with Gasteiger partial charge in [-0.3, -0.25) is 4.79 Å². The summed E-state index contributed by atoms with van der Waals surface area (Å²) in [5.74, 6) is 0.464. The highest BCUT2D eigenvalue weighted by Gasteiger charge is 2.25. The second kappa shape index (κ2) is 7.67. The summed E-state index contributed by atoms with van der Waals surface area (Å²) in [5.41, 5.74) is 6.49. The van der Waals surface area contributed by atoms with E-state index in [1.807, 2.05) is 0 Å². The number of hydrogen-bond acceptors (Lipinski definition) is 5. The lowest BCUT2D eigenvalue weighted by Crippen LogP contribution is -2.46. The monoisotopic (exact) mass is 327 g/mol. The number of nitrogens with one attached hydrogen (secondary N) is 2. The molecular weight excluding hydrogens is 306 g/mol. The number of carbonyl (C=O) groups excluding carboxylic acids is 1. The molecule has 1 fully saturated rings. The maximum absolute atomic E-state index is 12.4. The summed E-state index contributed by atoms with van der Waals surface area (Å²) in [5, 5.41) is 6.54. The maximum atomic E-state index is 12.4. The molecule has 0 aromatic heterocycles. The van der Waals surface area contributed by atoms with Crippen LogP contribution in [0.1, 0.15) is 16.8 Å². The predicted octanol–water partition coefficient (Wildman–Crippen LogP) is 1.29. The minimum Gasteiger partial charge on any atom is -0.496 e. The van der Waals surface area contributed by atoms with Gasteiger partial charge in [-0.05, 0) is 19.0 Å². The van der Waals surface area contributed by atoms with Gasteiger partial charge in [-0.1, -0.05) is 11.6 Å². The van der Waals surface area contributed by atoms with Gasteiger partial charge in [0.15, 0.2) is 0 Å². The number of anilines is 1. The zero-order valence-corrected chi connectivity index (χ0v) is 13.6. The Morgan fingerprint density at radius 1 is 1.50 bits per heavy atom. The lowest BCUT2D eigenvalue weighted by molar-refractivity contribution is 0.0338. The van der Waals surface area contributed by atoms with E-state index in [4.69, 9.17) is 26.8 Å². The number of halogens is 1. The van der Waals surface area contributed by atoms with Gasteiger partial charge in [0.1, 0.15) is 5.75 Å². The molecule has 0 spiro atoms. The summed E-state index contributed by atoms with van der Waals surface area (Å²) in [6.07, 6.45) is 1.06. The van der Waals surface area contributed by atoms with Gasteiger partial charge in [0, 0.05) is 32.2 Å². The molecule has 1 aromatic rings. The van der Waals surface area contributed by atoms with E-state index in [2.05, 4.69) is 10.6 Å². The first-order valence-electron chi connectivity index (χ1n) is 7.21. The second-order valence-corrected chi connectivity index (χ2v) is 5.72. The van der Waals surface area contributed by atoms with Gasteiger partial charge in [-0.2, -0.15) is 0 Å². The van der Waals surface area contributed by atoms with E-state index < -0.39 is 0 Å². The first-order valence-corrected chi connectivity index (χ1v) is 7.59. The summed E-state index contributed by atoms with van der Waals surface area (Å²) in [6.45, 7) is 2.27. The van der Waals surface area contributed by atoms with Gasteiger partial charge >= 0.3 is 0 Å². The number of ether oxygens (including phenoxy) is 2. The number of amides is 1. The van der Waals surface area contributed by atoms with Crippen molar-refractivity contribution < 1.29 is 14.3 Å². The lowest BCUT2D eigenvalue weighted by Gasteiger charge is -2.31. The van der Waals surface area contributed by atoms with Crippen LogP contribution in [0.2, 0.25) is 5.02 Å². The Kier molecular flexibility index (Phi) is 5.88. The molecule has 1 heterocycles. The highest BCUT2D eigenvalue weighted by Crippen LogP contribution is 2.28. The molecule has 4 N–H and O–H groups in total. The number of carbonyl (C=O) groups is 1. The number of nitrogen functional groups attached to an aromatic ring is 1. The SMILES string of the molecule is COc1cc(N)c(Cl)cc1C(=O)NC[C@H]1CCNC[C@H]1OC. The Balaban J connectivity index is 2.04. The molecule has 1 saturated heterocycles. The van der Waals surface area contributed by atoms with E-state index in [9.17, 15) is 4.79 Å². The number of nitrogens with two attached hydrogens (primary N) is 1. The Hall–Kier alpha value is -1.50. The average molecular weight is 328 g/mol. The Labute approximate surface area is 135 Å². The van der Waals surface area contributed by atoms with Crippen LogP contribution < -0.4 is 21.1 Å². The van der Waals surface area contributed by atoms with Crippen molar-refractivity contribution in [1.82, 2.24) is 10.6 Å². The van der Waals surface area contributed by atoms with Crippen LogP contribution in [0, 0.1) is 5.92 Å². The van der Waals surface area contributed by atoms with Crippen molar-refractivity contribution >= 4 is 23.2 Å². The fraction of sp³-hybridized carbons (Fsp3) is 0.533. The van der Waals surface area contributed by atoms with Gasteiger partial charge in [-0.25, -0.2) is 0 Å². The minimum absolute atomic E-state index is 0.103. The molecule has 122 valence electrons. The van der Waals surface area contributed by atoms with Crippen LogP contribution in [0.4, 0.5) is 5.69 Å². The standard InChI is InChI=1S/C15H22ClN3O3/c1-21-13-6-12(17)11(16)5-10(13)15(20)19-7-9-3-4-18-8-14(9)22-2/h5-6,9,14,18H,3-4,7-8,17H2,1-2H3,(H,19,20)/t9-,14-/m1/s1. The normalized spacial score (nSPS) is 21.4. The van der Waals surface area contributed by atoms with Crippen LogP contribution in [0.25, 0.3) is 0 Å².